The van der Waals surface area contributed by atoms with E-state index < -0.39 is 17.3 Å². The quantitative estimate of drug-likeness (QED) is 0.769. The maximum atomic E-state index is 12.9. The summed E-state index contributed by atoms with van der Waals surface area (Å²) >= 11 is 5.96. The Morgan fingerprint density at radius 3 is 2.56 bits per heavy atom. The Balaban J connectivity index is 1.84. The molecule has 4 nitrogen and oxygen atoms in total. The predicted octanol–water partition coefficient (Wildman–Crippen LogP) is 3.94. The summed E-state index contributed by atoms with van der Waals surface area (Å²) in [6, 6.07) is 15.6. The smallest absolute Gasteiger partial charge is 0.263 e. The molecule has 0 spiro atoms. The van der Waals surface area contributed by atoms with Crippen LogP contribution in [0.5, 0.6) is 0 Å². The van der Waals surface area contributed by atoms with Crippen molar-refractivity contribution in [3.63, 3.8) is 0 Å². The van der Waals surface area contributed by atoms with Crippen LogP contribution in [-0.2, 0) is 6.54 Å². The van der Waals surface area contributed by atoms with Crippen molar-refractivity contribution in [2.45, 2.75) is 6.54 Å². The summed E-state index contributed by atoms with van der Waals surface area (Å²) in [4.78, 5) is 24.9. The van der Waals surface area contributed by atoms with E-state index in [4.69, 9.17) is 11.6 Å². The van der Waals surface area contributed by atoms with Crippen LogP contribution in [-0.4, -0.2) is 10.5 Å². The molecule has 1 heterocycles. The molecule has 126 valence electrons. The molecule has 0 saturated heterocycles. The van der Waals surface area contributed by atoms with Crippen molar-refractivity contribution in [1.82, 2.24) is 4.57 Å². The second-order valence-corrected chi connectivity index (χ2v) is 5.88. The van der Waals surface area contributed by atoms with E-state index in [1.165, 1.54) is 34.9 Å². The van der Waals surface area contributed by atoms with Crippen molar-refractivity contribution in [2.75, 3.05) is 5.32 Å². The molecule has 3 rings (SSSR count). The van der Waals surface area contributed by atoms with E-state index in [9.17, 15) is 14.0 Å². The second-order valence-electron chi connectivity index (χ2n) is 5.45. The number of rotatable bonds is 4. The van der Waals surface area contributed by atoms with Gasteiger partial charge in [0.05, 0.1) is 6.54 Å². The molecule has 25 heavy (non-hydrogen) atoms. The third-order valence-electron chi connectivity index (χ3n) is 3.61. The van der Waals surface area contributed by atoms with Crippen molar-refractivity contribution in [3.8, 4) is 0 Å². The Morgan fingerprint density at radius 1 is 1.08 bits per heavy atom. The van der Waals surface area contributed by atoms with Crippen molar-refractivity contribution in [2.24, 2.45) is 0 Å². The highest BCUT2D eigenvalue weighted by Crippen LogP contribution is 2.12. The number of hydrogen-bond donors (Lipinski definition) is 1. The Hall–Kier alpha value is -2.92. The van der Waals surface area contributed by atoms with Gasteiger partial charge in [-0.1, -0.05) is 23.7 Å². The zero-order chi connectivity index (χ0) is 17.8. The van der Waals surface area contributed by atoms with Gasteiger partial charge in [-0.05, 0) is 54.1 Å². The average molecular weight is 357 g/mol. The summed E-state index contributed by atoms with van der Waals surface area (Å²) in [5.74, 6) is -0.946. The standard InChI is InChI=1S/C19H14ClFN2O2/c20-14-4-1-3-13(11-14)12-23-10-2-5-17(19(23)25)18(24)22-16-8-6-15(21)7-9-16/h1-11H,12H2,(H,22,24). The van der Waals surface area contributed by atoms with Gasteiger partial charge in [0.1, 0.15) is 11.4 Å². The Kier molecular flexibility index (Phi) is 4.95. The lowest BCUT2D eigenvalue weighted by Gasteiger charge is -2.09. The summed E-state index contributed by atoms with van der Waals surface area (Å²) in [5, 5.41) is 3.17. The molecule has 0 saturated carbocycles. The molecule has 6 heteroatoms. The summed E-state index contributed by atoms with van der Waals surface area (Å²) in [5.41, 5.74) is 0.859. The number of pyridine rings is 1. The van der Waals surface area contributed by atoms with Crippen LogP contribution < -0.4 is 10.9 Å². The normalized spacial score (nSPS) is 10.5. The van der Waals surface area contributed by atoms with Crippen LogP contribution in [0.1, 0.15) is 15.9 Å². The molecular weight excluding hydrogens is 343 g/mol. The molecule has 0 fully saturated rings. The number of amides is 1. The number of halogens is 2. The van der Waals surface area contributed by atoms with Gasteiger partial charge in [0.2, 0.25) is 0 Å². The number of hydrogen-bond acceptors (Lipinski definition) is 2. The van der Waals surface area contributed by atoms with Crippen LogP contribution in [0, 0.1) is 5.82 Å². The fourth-order valence-electron chi connectivity index (χ4n) is 2.40. The number of anilines is 1. The van der Waals surface area contributed by atoms with Gasteiger partial charge in [0, 0.05) is 16.9 Å². The van der Waals surface area contributed by atoms with E-state index in [1.807, 2.05) is 6.07 Å². The summed E-state index contributed by atoms with van der Waals surface area (Å²) in [6.45, 7) is 0.303. The number of nitrogens with one attached hydrogen (secondary N) is 1. The molecule has 0 atom stereocenters. The van der Waals surface area contributed by atoms with Gasteiger partial charge >= 0.3 is 0 Å². The van der Waals surface area contributed by atoms with Gasteiger partial charge < -0.3 is 9.88 Å². The zero-order valence-electron chi connectivity index (χ0n) is 13.1. The van der Waals surface area contributed by atoms with Gasteiger partial charge in [-0.25, -0.2) is 4.39 Å². The maximum absolute atomic E-state index is 12.9. The fourth-order valence-corrected chi connectivity index (χ4v) is 2.61. The first-order valence-electron chi connectivity index (χ1n) is 7.54. The van der Waals surface area contributed by atoms with E-state index in [1.54, 1.807) is 30.5 Å². The molecule has 1 N–H and O–H groups in total. The lowest BCUT2D eigenvalue weighted by Crippen LogP contribution is -2.29. The van der Waals surface area contributed by atoms with E-state index >= 15 is 0 Å². The predicted molar refractivity (Wildman–Crippen MR) is 95.6 cm³/mol. The molecule has 0 aliphatic carbocycles. The van der Waals surface area contributed by atoms with E-state index in [-0.39, 0.29) is 5.56 Å². The molecule has 0 bridgehead atoms. The summed E-state index contributed by atoms with van der Waals surface area (Å²) < 4.78 is 14.4. The second kappa shape index (κ2) is 7.32. The van der Waals surface area contributed by atoms with Gasteiger partial charge in [-0.3, -0.25) is 9.59 Å². The molecule has 1 aromatic heterocycles. The third-order valence-corrected chi connectivity index (χ3v) is 3.84. The van der Waals surface area contributed by atoms with Gasteiger partial charge in [0.25, 0.3) is 11.5 Å². The highest BCUT2D eigenvalue weighted by Gasteiger charge is 2.12. The molecule has 3 aromatic rings. The number of carbonyl (C=O) groups excluding carboxylic acids is 1. The third kappa shape index (κ3) is 4.14. The molecule has 0 aliphatic rings. The van der Waals surface area contributed by atoms with Crippen LogP contribution in [0.15, 0.2) is 71.7 Å². The van der Waals surface area contributed by atoms with E-state index in [0.717, 1.165) is 5.56 Å². The summed E-state index contributed by atoms with van der Waals surface area (Å²) in [6.07, 6.45) is 1.61. The monoisotopic (exact) mass is 356 g/mol. The number of nitrogens with zero attached hydrogens (tertiary/aromatic N) is 1. The van der Waals surface area contributed by atoms with Crippen molar-refractivity contribution in [3.05, 3.63) is 99.2 Å². The SMILES string of the molecule is O=C(Nc1ccc(F)cc1)c1cccn(Cc2cccc(Cl)c2)c1=O. The fraction of sp³-hybridized carbons (Fsp3) is 0.0526. The number of benzene rings is 2. The van der Waals surface area contributed by atoms with Crippen LogP contribution >= 0.6 is 11.6 Å². The highest BCUT2D eigenvalue weighted by molar-refractivity contribution is 6.30. The first-order chi connectivity index (χ1) is 12.0. The largest absolute Gasteiger partial charge is 0.322 e. The Bertz CT molecular complexity index is 968. The zero-order valence-corrected chi connectivity index (χ0v) is 13.8. The highest BCUT2D eigenvalue weighted by atomic mass is 35.5. The Morgan fingerprint density at radius 2 is 1.84 bits per heavy atom. The lowest BCUT2D eigenvalue weighted by atomic mass is 10.2. The van der Waals surface area contributed by atoms with Crippen molar-refractivity contribution < 1.29 is 9.18 Å². The lowest BCUT2D eigenvalue weighted by molar-refractivity contribution is 0.102. The van der Waals surface area contributed by atoms with Gasteiger partial charge in [-0.15, -0.1) is 0 Å². The van der Waals surface area contributed by atoms with E-state index in [0.29, 0.717) is 17.3 Å². The molecule has 0 radical (unpaired) electrons. The first-order valence-corrected chi connectivity index (χ1v) is 7.91. The van der Waals surface area contributed by atoms with Crippen LogP contribution in [0.4, 0.5) is 10.1 Å². The van der Waals surface area contributed by atoms with Crippen LogP contribution in [0.3, 0.4) is 0 Å². The minimum atomic E-state index is -0.544. The molecule has 0 aliphatic heterocycles. The maximum Gasteiger partial charge on any atom is 0.263 e. The molecular formula is C19H14ClFN2O2. The number of carbonyl (C=O) groups is 1. The minimum Gasteiger partial charge on any atom is -0.322 e. The van der Waals surface area contributed by atoms with Crippen molar-refractivity contribution in [1.29, 1.82) is 0 Å². The minimum absolute atomic E-state index is 0.00820. The Labute approximate surface area is 148 Å². The molecule has 2 aromatic carbocycles. The van der Waals surface area contributed by atoms with Crippen LogP contribution in [0.25, 0.3) is 0 Å². The van der Waals surface area contributed by atoms with Crippen molar-refractivity contribution >= 4 is 23.2 Å². The molecule has 0 unspecified atom stereocenters. The van der Waals surface area contributed by atoms with E-state index in [2.05, 4.69) is 5.32 Å². The first kappa shape index (κ1) is 16.9. The summed E-state index contributed by atoms with van der Waals surface area (Å²) in [7, 11) is 0. The van der Waals surface area contributed by atoms with Gasteiger partial charge in [-0.2, -0.15) is 0 Å². The number of aromatic nitrogens is 1. The van der Waals surface area contributed by atoms with Gasteiger partial charge in [0.15, 0.2) is 0 Å². The average Bonchev–Trinajstić information content (AvgIpc) is 2.59. The topological polar surface area (TPSA) is 51.1 Å². The van der Waals surface area contributed by atoms with Crippen LogP contribution in [0.2, 0.25) is 5.02 Å². The molecule has 1 amide bonds.